The van der Waals surface area contributed by atoms with Crippen LogP contribution in [0.3, 0.4) is 0 Å². The van der Waals surface area contributed by atoms with Gasteiger partial charge < -0.3 is 24.8 Å². The SMILES string of the molecule is [Cl-].[Cl-].[Os].c1ccc(-c2ccccn2)nc1.c1ccc(-c2ccccn2)nc1. The second-order valence-corrected chi connectivity index (χ2v) is 4.86. The van der Waals surface area contributed by atoms with Crippen LogP contribution in [-0.2, 0) is 19.8 Å². The van der Waals surface area contributed by atoms with Crippen molar-refractivity contribution in [1.29, 1.82) is 0 Å². The number of pyridine rings is 4. The quantitative estimate of drug-likeness (QED) is 0.287. The molecule has 4 nitrogen and oxygen atoms in total. The zero-order valence-corrected chi connectivity index (χ0v) is 18.2. The Hall–Kier alpha value is -2.18. The van der Waals surface area contributed by atoms with E-state index in [1.165, 1.54) is 0 Å². The normalized spacial score (nSPS) is 8.59. The summed E-state index contributed by atoms with van der Waals surface area (Å²) in [6.07, 6.45) is 7.07. The van der Waals surface area contributed by atoms with E-state index in [1.54, 1.807) is 24.8 Å². The zero-order valence-electron chi connectivity index (χ0n) is 14.1. The predicted octanol–water partition coefficient (Wildman–Crippen LogP) is -1.71. The molecule has 140 valence electrons. The summed E-state index contributed by atoms with van der Waals surface area (Å²) in [7, 11) is 0. The third-order valence-electron chi connectivity index (χ3n) is 3.18. The van der Waals surface area contributed by atoms with E-state index in [-0.39, 0.29) is 44.6 Å². The Morgan fingerprint density at radius 2 is 0.593 bits per heavy atom. The minimum Gasteiger partial charge on any atom is -1.00 e. The molecule has 0 aromatic carbocycles. The topological polar surface area (TPSA) is 51.6 Å². The van der Waals surface area contributed by atoms with Crippen LogP contribution < -0.4 is 24.8 Å². The molecule has 0 aliphatic heterocycles. The van der Waals surface area contributed by atoms with Crippen molar-refractivity contribution in [3.8, 4) is 22.8 Å². The second kappa shape index (κ2) is 13.9. The summed E-state index contributed by atoms with van der Waals surface area (Å²) in [5.41, 5.74) is 3.66. The van der Waals surface area contributed by atoms with Gasteiger partial charge >= 0.3 is 0 Å². The van der Waals surface area contributed by atoms with Crippen LogP contribution in [0.5, 0.6) is 0 Å². The van der Waals surface area contributed by atoms with Crippen molar-refractivity contribution in [2.45, 2.75) is 0 Å². The van der Waals surface area contributed by atoms with Crippen LogP contribution in [0.2, 0.25) is 0 Å². The van der Waals surface area contributed by atoms with Gasteiger partial charge in [-0.1, -0.05) is 24.3 Å². The van der Waals surface area contributed by atoms with Crippen molar-refractivity contribution >= 4 is 0 Å². The molecule has 0 amide bonds. The van der Waals surface area contributed by atoms with E-state index >= 15 is 0 Å². The zero-order chi connectivity index (χ0) is 16.5. The molecule has 0 unspecified atom stereocenters. The van der Waals surface area contributed by atoms with E-state index < -0.39 is 0 Å². The van der Waals surface area contributed by atoms with Crippen LogP contribution in [-0.4, -0.2) is 19.9 Å². The van der Waals surface area contributed by atoms with Crippen LogP contribution >= 0.6 is 0 Å². The molecule has 4 rings (SSSR count). The number of rotatable bonds is 2. The molecular weight excluding hydrogens is 557 g/mol. The van der Waals surface area contributed by atoms with E-state index in [0.29, 0.717) is 0 Å². The maximum atomic E-state index is 4.19. The molecule has 0 fully saturated rings. The first-order valence-corrected chi connectivity index (χ1v) is 7.58. The summed E-state index contributed by atoms with van der Waals surface area (Å²) in [5.74, 6) is 0. The van der Waals surface area contributed by atoms with Gasteiger partial charge in [-0.25, -0.2) is 0 Å². The van der Waals surface area contributed by atoms with Crippen LogP contribution in [0.4, 0.5) is 0 Å². The number of nitrogens with zero attached hydrogens (tertiary/aromatic N) is 4. The van der Waals surface area contributed by atoms with Gasteiger partial charge in [-0.2, -0.15) is 0 Å². The van der Waals surface area contributed by atoms with Crippen LogP contribution in [0, 0.1) is 0 Å². The smallest absolute Gasteiger partial charge is 0.0886 e. The summed E-state index contributed by atoms with van der Waals surface area (Å²) in [6.45, 7) is 0. The van der Waals surface area contributed by atoms with Gasteiger partial charge in [0.05, 0.1) is 22.8 Å². The summed E-state index contributed by atoms with van der Waals surface area (Å²) in [5, 5.41) is 0. The van der Waals surface area contributed by atoms with Crippen molar-refractivity contribution < 1.29 is 44.6 Å². The van der Waals surface area contributed by atoms with Crippen molar-refractivity contribution in [3.63, 3.8) is 0 Å². The summed E-state index contributed by atoms with van der Waals surface area (Å²) >= 11 is 0. The van der Waals surface area contributed by atoms with Gasteiger partial charge in [-0.3, -0.25) is 19.9 Å². The average Bonchev–Trinajstić information content (AvgIpc) is 2.71. The van der Waals surface area contributed by atoms with Gasteiger partial charge in [0.25, 0.3) is 0 Å². The maximum Gasteiger partial charge on any atom is 0.0886 e. The molecule has 7 heteroatoms. The predicted molar refractivity (Wildman–Crippen MR) is 94.9 cm³/mol. The first-order chi connectivity index (χ1) is 11.9. The van der Waals surface area contributed by atoms with Crippen LogP contribution in [0.15, 0.2) is 97.6 Å². The molecule has 4 aromatic rings. The molecule has 0 aliphatic carbocycles. The fourth-order valence-electron chi connectivity index (χ4n) is 2.06. The fourth-order valence-corrected chi connectivity index (χ4v) is 2.06. The van der Waals surface area contributed by atoms with Crippen molar-refractivity contribution in [2.24, 2.45) is 0 Å². The number of halogens is 2. The van der Waals surface area contributed by atoms with Gasteiger partial charge in [-0.05, 0) is 48.5 Å². The second-order valence-electron chi connectivity index (χ2n) is 4.86. The Kier molecular flexibility index (Phi) is 12.8. The monoisotopic (exact) mass is 574 g/mol. The molecule has 0 radical (unpaired) electrons. The standard InChI is InChI=1S/2C10H8N2.2ClH.Os/c2*1-3-7-11-9(5-1)10-6-2-4-8-12-10;;;/h2*1-8H;2*1H;/p-2. The Bertz CT molecular complexity index is 702. The molecule has 27 heavy (non-hydrogen) atoms. The number of hydrogen-bond donors (Lipinski definition) is 0. The molecule has 0 saturated carbocycles. The molecule has 0 N–H and O–H groups in total. The summed E-state index contributed by atoms with van der Waals surface area (Å²) in [4.78, 5) is 16.7. The van der Waals surface area contributed by atoms with E-state index in [2.05, 4.69) is 19.9 Å². The molecule has 0 spiro atoms. The molecular formula is C20H16Cl2N4Os-2. The van der Waals surface area contributed by atoms with Crippen molar-refractivity contribution in [1.82, 2.24) is 19.9 Å². The first-order valence-electron chi connectivity index (χ1n) is 7.58. The molecule has 4 heterocycles. The summed E-state index contributed by atoms with van der Waals surface area (Å²) in [6, 6.07) is 23.2. The minimum atomic E-state index is 0. The van der Waals surface area contributed by atoms with Gasteiger partial charge in [0.15, 0.2) is 0 Å². The molecule has 4 aromatic heterocycles. The van der Waals surface area contributed by atoms with Crippen molar-refractivity contribution in [3.05, 3.63) is 97.6 Å². The Morgan fingerprint density at radius 3 is 0.741 bits per heavy atom. The Balaban J connectivity index is 0.000000451. The number of aromatic nitrogens is 4. The average molecular weight is 574 g/mol. The van der Waals surface area contributed by atoms with E-state index in [9.17, 15) is 0 Å². The van der Waals surface area contributed by atoms with Gasteiger partial charge in [0, 0.05) is 44.6 Å². The molecule has 0 aliphatic rings. The third kappa shape index (κ3) is 7.93. The fraction of sp³-hybridized carbons (Fsp3) is 0. The largest absolute Gasteiger partial charge is 1.00 e. The maximum absolute atomic E-state index is 4.19. The molecule has 0 saturated heterocycles. The van der Waals surface area contributed by atoms with Gasteiger partial charge in [-0.15, -0.1) is 0 Å². The van der Waals surface area contributed by atoms with Gasteiger partial charge in [0.2, 0.25) is 0 Å². The summed E-state index contributed by atoms with van der Waals surface area (Å²) < 4.78 is 0. The van der Waals surface area contributed by atoms with Crippen LogP contribution in [0.1, 0.15) is 0 Å². The van der Waals surface area contributed by atoms with E-state index in [1.807, 2.05) is 72.8 Å². The van der Waals surface area contributed by atoms with Crippen LogP contribution in [0.25, 0.3) is 22.8 Å². The van der Waals surface area contributed by atoms with E-state index in [0.717, 1.165) is 22.8 Å². The molecule has 0 atom stereocenters. The Labute approximate surface area is 184 Å². The minimum absolute atomic E-state index is 0. The van der Waals surface area contributed by atoms with E-state index in [4.69, 9.17) is 0 Å². The van der Waals surface area contributed by atoms with Crippen molar-refractivity contribution in [2.75, 3.05) is 0 Å². The van der Waals surface area contributed by atoms with Gasteiger partial charge in [0.1, 0.15) is 0 Å². The Morgan fingerprint density at radius 1 is 0.370 bits per heavy atom. The molecule has 0 bridgehead atoms. The third-order valence-corrected chi connectivity index (χ3v) is 3.18. The first kappa shape index (κ1) is 24.8. The number of hydrogen-bond acceptors (Lipinski definition) is 4.